The van der Waals surface area contributed by atoms with Gasteiger partial charge in [0.05, 0.1) is 28.5 Å². The molecule has 3 heterocycles. The third kappa shape index (κ3) is 6.99. The summed E-state index contributed by atoms with van der Waals surface area (Å²) < 4.78 is 5.25. The van der Waals surface area contributed by atoms with Crippen LogP contribution in [0.1, 0.15) is 32.8 Å². The summed E-state index contributed by atoms with van der Waals surface area (Å²) in [5, 5.41) is 2.47. The van der Waals surface area contributed by atoms with E-state index in [4.69, 9.17) is 6.58 Å². The van der Waals surface area contributed by atoms with Crippen LogP contribution in [0.2, 0.25) is 0 Å². The summed E-state index contributed by atoms with van der Waals surface area (Å²) in [6.45, 7) is 12.0. The average Bonchev–Trinajstić information content (AvgIpc) is 3.15. The van der Waals surface area contributed by atoms with Gasteiger partial charge < -0.3 is 18.9 Å². The average molecular weight is 1020 g/mol. The molecule has 15 rings (SSSR count). The van der Waals surface area contributed by atoms with E-state index in [1.165, 1.54) is 100 Å². The third-order valence-corrected chi connectivity index (χ3v) is 18.8. The quantitative estimate of drug-likeness (QED) is 0.134. The lowest BCUT2D eigenvalue weighted by Gasteiger charge is -2.47. The van der Waals surface area contributed by atoms with E-state index in [9.17, 15) is 0 Å². The van der Waals surface area contributed by atoms with Crippen molar-refractivity contribution in [2.75, 3.05) is 9.80 Å². The molecule has 79 heavy (non-hydrogen) atoms. The number of hydrogen-bond acceptors (Lipinski definition) is 2. The first-order valence-electron chi connectivity index (χ1n) is 28.3. The first-order valence-corrected chi connectivity index (χ1v) is 28.3. The van der Waals surface area contributed by atoms with E-state index in [1.807, 2.05) is 0 Å². The highest BCUT2D eigenvalue weighted by Crippen LogP contribution is 2.60. The van der Waals surface area contributed by atoms with E-state index < -0.39 is 5.54 Å². The van der Waals surface area contributed by atoms with Crippen LogP contribution in [0.25, 0.3) is 77.8 Å². The van der Waals surface area contributed by atoms with Gasteiger partial charge in [0.2, 0.25) is 0 Å². The molecular weight excluding hydrogens is 957 g/mol. The molecule has 0 N–H and O–H groups in total. The zero-order chi connectivity index (χ0) is 53.0. The second kappa shape index (κ2) is 18.2. The summed E-state index contributed by atoms with van der Waals surface area (Å²) >= 11 is 0. The maximum absolute atomic E-state index is 4.72. The molecule has 1 saturated heterocycles. The van der Waals surface area contributed by atoms with Crippen molar-refractivity contribution in [2.24, 2.45) is 23.2 Å². The van der Waals surface area contributed by atoms with Crippen molar-refractivity contribution < 1.29 is 0 Å². The van der Waals surface area contributed by atoms with E-state index >= 15 is 0 Å². The molecule has 1 aliphatic heterocycles. The summed E-state index contributed by atoms with van der Waals surface area (Å²) in [4.78, 5) is 5.10. The number of para-hydroxylation sites is 5. The topological polar surface area (TPSA) is 16.3 Å². The molecule has 0 bridgehead atoms. The Hall–Kier alpha value is -9.12. The Kier molecular flexibility index (Phi) is 10.9. The van der Waals surface area contributed by atoms with Gasteiger partial charge >= 0.3 is 0 Å². The Balaban J connectivity index is 0.886. The molecule has 0 spiro atoms. The fraction of sp³-hybridized carbons (Fsp3) is 0.147. The van der Waals surface area contributed by atoms with E-state index in [-0.39, 0.29) is 23.4 Å². The molecule has 2 aromatic heterocycles. The largest absolute Gasteiger partial charge is 0.338 e. The van der Waals surface area contributed by atoms with Crippen molar-refractivity contribution in [1.29, 1.82) is 0 Å². The van der Waals surface area contributed by atoms with Gasteiger partial charge in [0.15, 0.2) is 0 Å². The molecule has 4 heteroatoms. The predicted molar refractivity (Wildman–Crippen MR) is 332 cm³/mol. The zero-order valence-electron chi connectivity index (χ0n) is 45.0. The van der Waals surface area contributed by atoms with Gasteiger partial charge in [-0.2, -0.15) is 0 Å². The van der Waals surface area contributed by atoms with Crippen molar-refractivity contribution in [3.63, 3.8) is 0 Å². The second-order valence-corrected chi connectivity index (χ2v) is 22.8. The minimum Gasteiger partial charge on any atom is -0.338 e. The number of benzene rings is 8. The van der Waals surface area contributed by atoms with Crippen molar-refractivity contribution in [1.82, 2.24) is 9.13 Å². The van der Waals surface area contributed by atoms with Crippen LogP contribution in [0.4, 0.5) is 17.1 Å². The van der Waals surface area contributed by atoms with Crippen LogP contribution in [0.3, 0.4) is 0 Å². The summed E-state index contributed by atoms with van der Waals surface area (Å²) in [6, 6.07) is 79.0. The fourth-order valence-electron chi connectivity index (χ4n) is 15.1. The number of nitrogens with zero attached hydrogens (tertiary/aromatic N) is 4. The predicted octanol–water partition coefficient (Wildman–Crippen LogP) is 18.8. The molecule has 0 saturated carbocycles. The highest BCUT2D eigenvalue weighted by molar-refractivity contribution is 6.16. The van der Waals surface area contributed by atoms with E-state index in [0.717, 1.165) is 12.1 Å². The zero-order valence-corrected chi connectivity index (χ0v) is 45.0. The molecule has 7 atom stereocenters. The highest BCUT2D eigenvalue weighted by atomic mass is 15.2. The van der Waals surface area contributed by atoms with Crippen molar-refractivity contribution in [3.8, 4) is 50.5 Å². The molecule has 4 nitrogen and oxygen atoms in total. The Morgan fingerprint density at radius 2 is 1.14 bits per heavy atom. The molecule has 4 unspecified atom stereocenters. The molecule has 0 amide bonds. The van der Waals surface area contributed by atoms with Crippen LogP contribution in [-0.4, -0.2) is 21.2 Å². The molecule has 4 aliphatic carbocycles. The number of fused-ring (bicyclic) bond motifs is 15. The van der Waals surface area contributed by atoms with Gasteiger partial charge in [0, 0.05) is 96.2 Å². The maximum Gasteiger partial charge on any atom is 0.0677 e. The molecular formula is C75H62N4. The van der Waals surface area contributed by atoms with E-state index in [2.05, 4.69) is 307 Å². The molecule has 0 radical (unpaired) electrons. The second-order valence-electron chi connectivity index (χ2n) is 22.8. The summed E-state index contributed by atoms with van der Waals surface area (Å²) in [7, 11) is 0. The van der Waals surface area contributed by atoms with Gasteiger partial charge in [-0.3, -0.25) is 0 Å². The minimum atomic E-state index is -0.522. The number of anilines is 3. The molecule has 382 valence electrons. The number of aromatic nitrogens is 2. The Morgan fingerprint density at radius 3 is 1.80 bits per heavy atom. The van der Waals surface area contributed by atoms with Gasteiger partial charge in [-0.15, -0.1) is 6.58 Å². The minimum absolute atomic E-state index is 0.000264. The van der Waals surface area contributed by atoms with Gasteiger partial charge in [0.1, 0.15) is 0 Å². The molecule has 8 aromatic carbocycles. The Morgan fingerprint density at radius 1 is 0.582 bits per heavy atom. The van der Waals surface area contributed by atoms with Gasteiger partial charge in [-0.1, -0.05) is 207 Å². The third-order valence-electron chi connectivity index (χ3n) is 18.8. The van der Waals surface area contributed by atoms with Gasteiger partial charge in [0.25, 0.3) is 0 Å². The highest BCUT2D eigenvalue weighted by Gasteiger charge is 2.53. The van der Waals surface area contributed by atoms with Gasteiger partial charge in [-0.05, 0) is 109 Å². The van der Waals surface area contributed by atoms with Crippen LogP contribution >= 0.6 is 0 Å². The van der Waals surface area contributed by atoms with Crippen LogP contribution in [0, 0.1) is 23.2 Å². The van der Waals surface area contributed by atoms with Gasteiger partial charge in [-0.25, -0.2) is 0 Å². The van der Waals surface area contributed by atoms with Crippen LogP contribution in [-0.2, 0) is 5.54 Å². The SMILES string of the molecule is C=C[C@H]1C(C)(n2c3c(c4ccccc42)-c2ccccc2-c2c(c4ccccc4n2-c2ccc(C4=CC5C6CC=CC=C6N(c6ccccc6)C5C=C4)cc2)-c2ccccc2-3)C=C[C@]1(C)[C@H](C)N(c1ccccc1)c1ccccc1. The van der Waals surface area contributed by atoms with Crippen LogP contribution < -0.4 is 9.80 Å². The van der Waals surface area contributed by atoms with Crippen LogP contribution in [0.15, 0.2) is 279 Å². The summed E-state index contributed by atoms with van der Waals surface area (Å²) in [6.07, 6.45) is 22.6. The number of rotatable bonds is 9. The van der Waals surface area contributed by atoms with E-state index in [0.29, 0.717) is 11.8 Å². The van der Waals surface area contributed by atoms with Crippen LogP contribution in [0.5, 0.6) is 0 Å². The lowest BCUT2D eigenvalue weighted by molar-refractivity contribution is 0.181. The van der Waals surface area contributed by atoms with Crippen molar-refractivity contribution in [2.45, 2.75) is 44.8 Å². The lowest BCUT2D eigenvalue weighted by atomic mass is 9.68. The normalized spacial score (nSPS) is 22.6. The number of allylic oxidation sites excluding steroid dienone is 8. The van der Waals surface area contributed by atoms with Crippen molar-refractivity contribution >= 4 is 44.4 Å². The van der Waals surface area contributed by atoms with Crippen molar-refractivity contribution in [3.05, 3.63) is 285 Å². The lowest BCUT2D eigenvalue weighted by Crippen LogP contribution is -2.49. The monoisotopic (exact) mass is 1020 g/mol. The maximum atomic E-state index is 4.72. The Labute approximate surface area is 464 Å². The van der Waals surface area contributed by atoms with E-state index in [1.54, 1.807) is 0 Å². The summed E-state index contributed by atoms with van der Waals surface area (Å²) in [5.41, 5.74) is 20.0. The first kappa shape index (κ1) is 47.1. The summed E-state index contributed by atoms with van der Waals surface area (Å²) in [5.74, 6) is 0.822. The Bertz CT molecular complexity index is 4160. The number of hydrogen-bond donors (Lipinski definition) is 0. The smallest absolute Gasteiger partial charge is 0.0677 e. The molecule has 1 fully saturated rings. The first-order chi connectivity index (χ1) is 38.9. The standard InChI is InChI=1S/C75H62N4/c1-5-69-74(3,50(2)76(53-25-9-6-10-26-53)54-27-11-7-12-28-54)47-48-75(69,4)79-68-40-24-21-37-63(68)71-58-32-15-17-34-60(58)72-70(59-33-16-18-35-61(59)73(71)79)62-36-20-23-39-66(62)78(72)56-44-41-51(42-45-56)52-43-46-67-64(49-52)57-31-19-22-38-65(57)77(67)55-29-13-8-14-30-55/h5-30,32-50,57,64,67,69H,1,31H2,2-4H3/t50-,57?,64?,67?,69+,74+,75?/m0/s1. The molecule has 10 aromatic rings. The fourth-order valence-corrected chi connectivity index (χ4v) is 15.1. The molecule has 5 aliphatic rings.